The average Bonchev–Trinajstić information content (AvgIpc) is 2.57. The Balaban J connectivity index is 3.87. The number of rotatable bonds is 14. The smallest absolute Gasteiger partial charge is 0.328 e. The molecule has 3 atom stereocenters. The van der Waals surface area contributed by atoms with Crippen LogP contribution in [0.2, 0.25) is 0 Å². The summed E-state index contributed by atoms with van der Waals surface area (Å²) in [6.07, 6.45) is 15.9. The monoisotopic (exact) mass is 352 g/mol. The molecule has 5 nitrogen and oxygen atoms in total. The van der Waals surface area contributed by atoms with Gasteiger partial charge in [0, 0.05) is 6.08 Å². The number of carbonyl (C=O) groups is 1. The molecule has 0 aromatic rings. The first-order chi connectivity index (χ1) is 12.0. The summed E-state index contributed by atoms with van der Waals surface area (Å²) in [7, 11) is 0. The fraction of sp³-hybridized carbons (Fsp3) is 0.550. The van der Waals surface area contributed by atoms with Gasteiger partial charge in [-0.3, -0.25) is 0 Å². The minimum absolute atomic E-state index is 0.386. The summed E-state index contributed by atoms with van der Waals surface area (Å²) in [5.41, 5.74) is 0. The van der Waals surface area contributed by atoms with Crippen LogP contribution in [0.4, 0.5) is 0 Å². The molecule has 0 spiro atoms. The molecule has 0 heterocycles. The van der Waals surface area contributed by atoms with Crippen LogP contribution in [0, 0.1) is 0 Å². The molecule has 0 saturated carbocycles. The van der Waals surface area contributed by atoms with E-state index in [1.807, 2.05) is 6.08 Å². The normalized spacial score (nSPS) is 16.3. The van der Waals surface area contributed by atoms with Crippen LogP contribution in [-0.2, 0) is 4.79 Å². The third kappa shape index (κ3) is 15.6. The first-order valence-corrected chi connectivity index (χ1v) is 8.91. The molecule has 0 aliphatic carbocycles. The highest BCUT2D eigenvalue weighted by molar-refractivity contribution is 5.80. The van der Waals surface area contributed by atoms with Crippen molar-refractivity contribution in [2.75, 3.05) is 0 Å². The average molecular weight is 352 g/mol. The third-order valence-corrected chi connectivity index (χ3v) is 3.68. The standard InChI is InChI=1S/C20H32O5/c1-2-3-9-13-18(22)19(23)16-15-17(21)12-10-7-5-4-6-8-11-14-20(24)25/h4-8,10-11,14,17-19,21-23H,2-3,9,12-13,15-16H2,1H3,(H,24,25)/b5-4+,8-6+,10-7+,14-11+. The van der Waals surface area contributed by atoms with Crippen LogP contribution >= 0.6 is 0 Å². The van der Waals surface area contributed by atoms with E-state index in [1.165, 1.54) is 6.08 Å². The molecule has 142 valence electrons. The van der Waals surface area contributed by atoms with E-state index in [9.17, 15) is 20.1 Å². The van der Waals surface area contributed by atoms with Crippen molar-refractivity contribution in [2.45, 2.75) is 70.2 Å². The Morgan fingerprint density at radius 2 is 1.44 bits per heavy atom. The Kier molecular flexibility index (Phi) is 14.7. The van der Waals surface area contributed by atoms with Crippen molar-refractivity contribution in [2.24, 2.45) is 0 Å². The molecule has 0 aromatic heterocycles. The van der Waals surface area contributed by atoms with Crippen LogP contribution in [0.25, 0.3) is 0 Å². The zero-order chi connectivity index (χ0) is 18.9. The fourth-order valence-electron chi connectivity index (χ4n) is 2.18. The van der Waals surface area contributed by atoms with Gasteiger partial charge in [-0.25, -0.2) is 4.79 Å². The van der Waals surface area contributed by atoms with Gasteiger partial charge in [0.2, 0.25) is 0 Å². The SMILES string of the molecule is CCCCCC(O)C(O)CCC(O)C/C=C/C=C/C=C/C=C/C(=O)O. The van der Waals surface area contributed by atoms with Crippen molar-refractivity contribution in [3.8, 4) is 0 Å². The van der Waals surface area contributed by atoms with E-state index in [4.69, 9.17) is 5.11 Å². The molecule has 0 fully saturated rings. The number of aliphatic carboxylic acids is 1. The van der Waals surface area contributed by atoms with Crippen molar-refractivity contribution in [3.63, 3.8) is 0 Å². The quantitative estimate of drug-likeness (QED) is 0.219. The highest BCUT2D eigenvalue weighted by atomic mass is 16.4. The largest absolute Gasteiger partial charge is 0.478 e. The van der Waals surface area contributed by atoms with E-state index in [1.54, 1.807) is 30.4 Å². The molecule has 3 unspecified atom stereocenters. The van der Waals surface area contributed by atoms with Crippen LogP contribution in [0.3, 0.4) is 0 Å². The summed E-state index contributed by atoms with van der Waals surface area (Å²) in [6, 6.07) is 0. The van der Waals surface area contributed by atoms with Gasteiger partial charge in [-0.2, -0.15) is 0 Å². The number of allylic oxidation sites excluding steroid dienone is 6. The molecule has 0 amide bonds. The second-order valence-corrected chi connectivity index (χ2v) is 5.99. The summed E-state index contributed by atoms with van der Waals surface area (Å²) in [5.74, 6) is -0.985. The highest BCUT2D eigenvalue weighted by Gasteiger charge is 2.16. The van der Waals surface area contributed by atoms with E-state index in [0.717, 1.165) is 25.3 Å². The summed E-state index contributed by atoms with van der Waals surface area (Å²) in [4.78, 5) is 10.2. The van der Waals surface area contributed by atoms with Crippen LogP contribution in [0.5, 0.6) is 0 Å². The Bertz CT molecular complexity index is 451. The lowest BCUT2D eigenvalue weighted by Crippen LogP contribution is -2.27. The van der Waals surface area contributed by atoms with Gasteiger partial charge in [-0.1, -0.05) is 68.7 Å². The first-order valence-electron chi connectivity index (χ1n) is 8.91. The van der Waals surface area contributed by atoms with Gasteiger partial charge >= 0.3 is 5.97 Å². The number of aliphatic hydroxyl groups excluding tert-OH is 3. The number of aliphatic hydroxyl groups is 3. The lowest BCUT2D eigenvalue weighted by atomic mass is 10.00. The maximum Gasteiger partial charge on any atom is 0.328 e. The van der Waals surface area contributed by atoms with Gasteiger partial charge in [0.15, 0.2) is 0 Å². The van der Waals surface area contributed by atoms with Gasteiger partial charge in [-0.15, -0.1) is 0 Å². The Labute approximate surface area is 150 Å². The van der Waals surface area contributed by atoms with E-state index >= 15 is 0 Å². The molecule has 0 radical (unpaired) electrons. The Hall–Kier alpha value is -1.69. The van der Waals surface area contributed by atoms with E-state index < -0.39 is 24.3 Å². The number of carboxylic acids is 1. The molecule has 0 aliphatic rings. The molecule has 4 N–H and O–H groups in total. The van der Waals surface area contributed by atoms with Gasteiger partial charge in [-0.05, 0) is 25.7 Å². The molecular formula is C20H32O5. The van der Waals surface area contributed by atoms with Crippen LogP contribution < -0.4 is 0 Å². The van der Waals surface area contributed by atoms with Gasteiger partial charge < -0.3 is 20.4 Å². The number of hydrogen-bond donors (Lipinski definition) is 4. The van der Waals surface area contributed by atoms with Gasteiger partial charge in [0.1, 0.15) is 0 Å². The third-order valence-electron chi connectivity index (χ3n) is 3.68. The maximum atomic E-state index is 10.2. The zero-order valence-corrected chi connectivity index (χ0v) is 15.0. The number of hydrogen-bond acceptors (Lipinski definition) is 4. The van der Waals surface area contributed by atoms with Crippen molar-refractivity contribution in [3.05, 3.63) is 48.6 Å². The summed E-state index contributed by atoms with van der Waals surface area (Å²) >= 11 is 0. The number of carboxylic acid groups (broad SMARTS) is 1. The highest BCUT2D eigenvalue weighted by Crippen LogP contribution is 2.13. The molecule has 25 heavy (non-hydrogen) atoms. The van der Waals surface area contributed by atoms with Crippen molar-refractivity contribution < 1.29 is 25.2 Å². The topological polar surface area (TPSA) is 98.0 Å². The molecule has 0 saturated heterocycles. The van der Waals surface area contributed by atoms with E-state index in [-0.39, 0.29) is 0 Å². The summed E-state index contributed by atoms with van der Waals surface area (Å²) in [6.45, 7) is 2.09. The fourth-order valence-corrected chi connectivity index (χ4v) is 2.18. The molecule has 0 bridgehead atoms. The maximum absolute atomic E-state index is 10.2. The lowest BCUT2D eigenvalue weighted by molar-refractivity contribution is -0.131. The second-order valence-electron chi connectivity index (χ2n) is 5.99. The molecule has 0 aliphatic heterocycles. The Morgan fingerprint density at radius 3 is 2.08 bits per heavy atom. The van der Waals surface area contributed by atoms with Crippen molar-refractivity contribution in [1.29, 1.82) is 0 Å². The molecule has 0 rings (SSSR count). The van der Waals surface area contributed by atoms with Crippen LogP contribution in [0.1, 0.15) is 51.9 Å². The van der Waals surface area contributed by atoms with Crippen LogP contribution in [0.15, 0.2) is 48.6 Å². The zero-order valence-electron chi connectivity index (χ0n) is 15.0. The van der Waals surface area contributed by atoms with E-state index in [0.29, 0.717) is 25.7 Å². The van der Waals surface area contributed by atoms with Crippen LogP contribution in [-0.4, -0.2) is 44.7 Å². The van der Waals surface area contributed by atoms with Gasteiger partial charge in [0.05, 0.1) is 18.3 Å². The lowest BCUT2D eigenvalue weighted by Gasteiger charge is -2.18. The van der Waals surface area contributed by atoms with Gasteiger partial charge in [0.25, 0.3) is 0 Å². The van der Waals surface area contributed by atoms with E-state index in [2.05, 4.69) is 6.92 Å². The predicted octanol–water partition coefficient (Wildman–Crippen LogP) is 3.13. The second kappa shape index (κ2) is 15.8. The summed E-state index contributed by atoms with van der Waals surface area (Å²) < 4.78 is 0. The van der Waals surface area contributed by atoms with Crippen molar-refractivity contribution in [1.82, 2.24) is 0 Å². The molecule has 0 aromatic carbocycles. The number of unbranched alkanes of at least 4 members (excludes halogenated alkanes) is 2. The predicted molar refractivity (Wildman–Crippen MR) is 100 cm³/mol. The van der Waals surface area contributed by atoms with Crippen molar-refractivity contribution >= 4 is 5.97 Å². The Morgan fingerprint density at radius 1 is 0.840 bits per heavy atom. The first kappa shape index (κ1) is 23.3. The minimum atomic E-state index is -0.985. The minimum Gasteiger partial charge on any atom is -0.478 e. The molecule has 5 heteroatoms. The summed E-state index contributed by atoms with van der Waals surface area (Å²) in [5, 5.41) is 38.0. The molecular weight excluding hydrogens is 320 g/mol.